The van der Waals surface area contributed by atoms with Gasteiger partial charge < -0.3 is 5.32 Å². The average molecular weight is 229 g/mol. The number of rotatable bonds is 0. The molecule has 1 N–H and O–H groups in total. The Balaban J connectivity index is 1.82. The predicted molar refractivity (Wildman–Crippen MR) is 62.1 cm³/mol. The lowest BCUT2D eigenvalue weighted by atomic mass is 9.96. The Morgan fingerprint density at radius 1 is 1.41 bits per heavy atom. The van der Waals surface area contributed by atoms with Gasteiger partial charge in [0.1, 0.15) is 11.6 Å². The van der Waals surface area contributed by atoms with Gasteiger partial charge >= 0.3 is 0 Å². The minimum absolute atomic E-state index is 0.0309. The lowest BCUT2D eigenvalue weighted by molar-refractivity contribution is -0.117. The Kier molecular flexibility index (Phi) is 1.54. The van der Waals surface area contributed by atoms with Gasteiger partial charge in [-0.25, -0.2) is 4.39 Å². The van der Waals surface area contributed by atoms with Crippen molar-refractivity contribution in [2.75, 3.05) is 5.32 Å². The number of fused-ring (bicyclic) bond motifs is 5. The molecule has 4 rings (SSSR count). The fourth-order valence-corrected chi connectivity index (χ4v) is 3.58. The van der Waals surface area contributed by atoms with Crippen LogP contribution in [0, 0.1) is 11.2 Å². The summed E-state index contributed by atoms with van der Waals surface area (Å²) in [5.41, 5.74) is 3.33. The van der Waals surface area contributed by atoms with Crippen molar-refractivity contribution in [1.82, 2.24) is 0 Å². The van der Waals surface area contributed by atoms with Crippen LogP contribution in [0.1, 0.15) is 30.7 Å². The molecule has 1 aromatic carbocycles. The maximum absolute atomic E-state index is 13.3. The molecule has 2 aliphatic carbocycles. The Labute approximate surface area is 98.5 Å². The first-order chi connectivity index (χ1) is 8.21. The van der Waals surface area contributed by atoms with Crippen LogP contribution in [-0.2, 0) is 4.79 Å². The molecule has 0 aromatic heterocycles. The van der Waals surface area contributed by atoms with Crippen LogP contribution in [0.3, 0.4) is 0 Å². The number of carbonyl (C=O) groups is 1. The molecular weight excluding hydrogens is 217 g/mol. The first-order valence-electron chi connectivity index (χ1n) is 5.99. The van der Waals surface area contributed by atoms with E-state index in [1.807, 2.05) is 6.20 Å². The standard InChI is InChI=1S/C14H12FNO/c15-8-1-2-12-10(5-8)13-11(7-16-12)14(13)4-3-9(17)6-14/h1-2,5,7,13,16H,3-4,6H2. The van der Waals surface area contributed by atoms with Crippen molar-refractivity contribution < 1.29 is 9.18 Å². The van der Waals surface area contributed by atoms with Crippen molar-refractivity contribution >= 4 is 11.5 Å². The molecule has 1 aliphatic heterocycles. The highest BCUT2D eigenvalue weighted by Crippen LogP contribution is 2.73. The van der Waals surface area contributed by atoms with E-state index in [1.54, 1.807) is 12.1 Å². The number of hydrogen-bond donors (Lipinski definition) is 1. The normalized spacial score (nSPS) is 32.9. The maximum Gasteiger partial charge on any atom is 0.133 e. The van der Waals surface area contributed by atoms with E-state index in [2.05, 4.69) is 5.32 Å². The average Bonchev–Trinajstić information content (AvgIpc) is 2.76. The molecule has 2 nitrogen and oxygen atoms in total. The van der Waals surface area contributed by atoms with Gasteiger partial charge in [-0.3, -0.25) is 4.79 Å². The molecule has 2 saturated carbocycles. The van der Waals surface area contributed by atoms with E-state index in [0.29, 0.717) is 18.6 Å². The third kappa shape index (κ3) is 1.07. The summed E-state index contributed by atoms with van der Waals surface area (Å²) in [5.74, 6) is 0.428. The topological polar surface area (TPSA) is 29.1 Å². The highest BCUT2D eigenvalue weighted by molar-refractivity contribution is 5.86. The molecule has 3 aliphatic rings. The van der Waals surface area contributed by atoms with Crippen LogP contribution in [-0.4, -0.2) is 5.78 Å². The smallest absolute Gasteiger partial charge is 0.133 e. The summed E-state index contributed by atoms with van der Waals surface area (Å²) in [6.45, 7) is 0. The quantitative estimate of drug-likeness (QED) is 0.741. The monoisotopic (exact) mass is 229 g/mol. The van der Waals surface area contributed by atoms with Gasteiger partial charge in [-0.1, -0.05) is 0 Å². The largest absolute Gasteiger partial charge is 0.361 e. The number of hydrogen-bond acceptors (Lipinski definition) is 2. The van der Waals surface area contributed by atoms with Crippen LogP contribution in [0.4, 0.5) is 10.1 Å². The summed E-state index contributed by atoms with van der Waals surface area (Å²) >= 11 is 0. The molecule has 2 unspecified atom stereocenters. The van der Waals surface area contributed by atoms with Gasteiger partial charge in [0.05, 0.1) is 0 Å². The second kappa shape index (κ2) is 2.78. The van der Waals surface area contributed by atoms with E-state index in [1.165, 1.54) is 11.6 Å². The van der Waals surface area contributed by atoms with E-state index in [9.17, 15) is 9.18 Å². The zero-order valence-corrected chi connectivity index (χ0v) is 9.29. The third-order valence-corrected chi connectivity index (χ3v) is 4.43. The molecule has 0 bridgehead atoms. The minimum atomic E-state index is -0.196. The van der Waals surface area contributed by atoms with Gasteiger partial charge in [0.2, 0.25) is 0 Å². The number of anilines is 1. The van der Waals surface area contributed by atoms with Crippen molar-refractivity contribution in [1.29, 1.82) is 0 Å². The Morgan fingerprint density at radius 2 is 2.29 bits per heavy atom. The molecule has 2 atom stereocenters. The molecule has 0 radical (unpaired) electrons. The van der Waals surface area contributed by atoms with Gasteiger partial charge in [-0.2, -0.15) is 0 Å². The molecule has 1 aromatic rings. The van der Waals surface area contributed by atoms with Crippen molar-refractivity contribution in [3.8, 4) is 0 Å². The number of allylic oxidation sites excluding steroid dienone is 1. The molecule has 1 heterocycles. The zero-order valence-electron chi connectivity index (χ0n) is 9.29. The fourth-order valence-electron chi connectivity index (χ4n) is 3.58. The number of nitrogens with one attached hydrogen (secondary N) is 1. The van der Waals surface area contributed by atoms with Crippen LogP contribution >= 0.6 is 0 Å². The van der Waals surface area contributed by atoms with Crippen molar-refractivity contribution in [2.24, 2.45) is 5.41 Å². The molecular formula is C14H12FNO. The van der Waals surface area contributed by atoms with Gasteiger partial charge in [-0.05, 0) is 35.8 Å². The fraction of sp³-hybridized carbons (Fsp3) is 0.357. The predicted octanol–water partition coefficient (Wildman–Crippen LogP) is 2.97. The molecule has 17 heavy (non-hydrogen) atoms. The van der Waals surface area contributed by atoms with E-state index in [0.717, 1.165) is 17.7 Å². The van der Waals surface area contributed by atoms with Crippen LogP contribution in [0.2, 0.25) is 0 Å². The molecule has 2 fully saturated rings. The Morgan fingerprint density at radius 3 is 3.06 bits per heavy atom. The molecule has 86 valence electrons. The van der Waals surface area contributed by atoms with E-state index >= 15 is 0 Å². The van der Waals surface area contributed by atoms with Crippen LogP contribution in [0.15, 0.2) is 30.0 Å². The maximum atomic E-state index is 13.3. The second-order valence-corrected chi connectivity index (χ2v) is 5.28. The summed E-state index contributed by atoms with van der Waals surface area (Å²) in [7, 11) is 0. The number of halogens is 1. The van der Waals surface area contributed by atoms with Crippen LogP contribution in [0.5, 0.6) is 0 Å². The Bertz CT molecular complexity index is 578. The van der Waals surface area contributed by atoms with Gasteiger partial charge in [0.15, 0.2) is 0 Å². The zero-order chi connectivity index (χ0) is 11.6. The minimum Gasteiger partial charge on any atom is -0.361 e. The van der Waals surface area contributed by atoms with Crippen molar-refractivity contribution in [3.63, 3.8) is 0 Å². The van der Waals surface area contributed by atoms with E-state index in [-0.39, 0.29) is 17.2 Å². The van der Waals surface area contributed by atoms with Crippen LogP contribution < -0.4 is 5.32 Å². The lowest BCUT2D eigenvalue weighted by Gasteiger charge is -2.12. The van der Waals surface area contributed by atoms with E-state index in [4.69, 9.17) is 0 Å². The summed E-state index contributed by atoms with van der Waals surface area (Å²) in [5, 5.41) is 3.21. The van der Waals surface area contributed by atoms with Gasteiger partial charge in [-0.15, -0.1) is 0 Å². The number of carbonyl (C=O) groups excluding carboxylic acids is 1. The van der Waals surface area contributed by atoms with Gasteiger partial charge in [0, 0.05) is 36.1 Å². The second-order valence-electron chi connectivity index (χ2n) is 5.28. The van der Waals surface area contributed by atoms with Crippen molar-refractivity contribution in [2.45, 2.75) is 25.2 Å². The summed E-state index contributed by atoms with van der Waals surface area (Å²) in [6.07, 6.45) is 4.27. The number of benzene rings is 1. The first kappa shape index (κ1) is 9.40. The van der Waals surface area contributed by atoms with Crippen molar-refractivity contribution in [3.05, 3.63) is 41.4 Å². The molecule has 0 saturated heterocycles. The van der Waals surface area contributed by atoms with Crippen LogP contribution in [0.25, 0.3) is 0 Å². The van der Waals surface area contributed by atoms with Gasteiger partial charge in [0.25, 0.3) is 0 Å². The lowest BCUT2D eigenvalue weighted by Crippen LogP contribution is -2.00. The Hall–Kier alpha value is -1.64. The SMILES string of the molecule is O=C1CCC2(C1)C1=CNc3ccc(F)cc3C12. The summed E-state index contributed by atoms with van der Waals surface area (Å²) in [6, 6.07) is 4.86. The van der Waals surface area contributed by atoms with E-state index < -0.39 is 0 Å². The highest BCUT2D eigenvalue weighted by atomic mass is 19.1. The summed E-state index contributed by atoms with van der Waals surface area (Å²) in [4.78, 5) is 11.5. The molecule has 1 spiro atoms. The number of Topliss-reactive ketones (excluding diaryl/α,β-unsaturated/α-hetero) is 1. The summed E-state index contributed by atoms with van der Waals surface area (Å²) < 4.78 is 13.3. The molecule has 0 amide bonds. The molecule has 3 heteroatoms. The number of ketones is 1. The first-order valence-corrected chi connectivity index (χ1v) is 5.99. The highest BCUT2D eigenvalue weighted by Gasteiger charge is 2.64. The third-order valence-electron chi connectivity index (χ3n) is 4.43.